The summed E-state index contributed by atoms with van der Waals surface area (Å²) in [6.45, 7) is 0.770. The average molecular weight is 248 g/mol. The van der Waals surface area contributed by atoms with Crippen molar-refractivity contribution in [2.75, 3.05) is 23.5 Å². The Balaban J connectivity index is 2.43. The van der Waals surface area contributed by atoms with Gasteiger partial charge in [0.05, 0.1) is 0 Å². The number of nitrogens with one attached hydrogen (secondary N) is 1. The predicted octanol–water partition coefficient (Wildman–Crippen LogP) is 2.24. The van der Waals surface area contributed by atoms with E-state index in [-0.39, 0.29) is 11.7 Å². The summed E-state index contributed by atoms with van der Waals surface area (Å²) in [5.74, 6) is 0.759. The maximum atomic E-state index is 12.0. The maximum absolute atomic E-state index is 12.0. The lowest BCUT2D eigenvalue weighted by atomic mass is 9.94. The Morgan fingerprint density at radius 3 is 3.06 bits per heavy atom. The number of benzene rings is 2. The van der Waals surface area contributed by atoms with E-state index < -0.39 is 0 Å². The van der Waals surface area contributed by atoms with Crippen LogP contribution in [0.5, 0.6) is 5.75 Å². The topological polar surface area (TPSA) is 61.1 Å². The Hall–Kier alpha value is -1.61. The molecular weight excluding hydrogens is 236 g/mol. The van der Waals surface area contributed by atoms with Crippen molar-refractivity contribution in [1.29, 1.82) is 0 Å². The third-order valence-electron chi connectivity index (χ3n) is 3.33. The average Bonchev–Trinajstić information content (AvgIpc) is 2.72. The van der Waals surface area contributed by atoms with E-state index in [1.54, 1.807) is 6.07 Å². The third-order valence-corrected chi connectivity index (χ3v) is 3.70. The van der Waals surface area contributed by atoms with Crippen molar-refractivity contribution < 1.29 is 5.11 Å². The minimum absolute atomic E-state index is 0.00812. The van der Waals surface area contributed by atoms with Gasteiger partial charge in [-0.25, -0.2) is 0 Å². The summed E-state index contributed by atoms with van der Waals surface area (Å²) in [5, 5.41) is 16.7. The van der Waals surface area contributed by atoms with E-state index in [0.717, 1.165) is 23.2 Å². The summed E-state index contributed by atoms with van der Waals surface area (Å²) in [5.41, 5.74) is 8.62. The minimum Gasteiger partial charge on any atom is -0.872 e. The second kappa shape index (κ2) is 3.70. The lowest BCUT2D eigenvalue weighted by Gasteiger charge is -2.17. The van der Waals surface area contributed by atoms with Gasteiger partial charge in [-0.2, -0.15) is 0 Å². The molecule has 0 bridgehead atoms. The molecule has 0 saturated heterocycles. The van der Waals surface area contributed by atoms with Crippen LogP contribution in [0.4, 0.5) is 11.4 Å². The molecule has 1 atom stereocenters. The Labute approximate surface area is 104 Å². The lowest BCUT2D eigenvalue weighted by Crippen LogP contribution is -2.03. The zero-order valence-corrected chi connectivity index (χ0v) is 9.92. The maximum Gasteiger partial charge on any atom is 0.0397 e. The van der Waals surface area contributed by atoms with Crippen molar-refractivity contribution in [2.24, 2.45) is 0 Å². The summed E-state index contributed by atoms with van der Waals surface area (Å²) >= 11 is 5.97. The fourth-order valence-electron chi connectivity index (χ4n) is 2.53. The van der Waals surface area contributed by atoms with Gasteiger partial charge in [0.1, 0.15) is 0 Å². The van der Waals surface area contributed by atoms with Gasteiger partial charge in [0, 0.05) is 35.1 Å². The van der Waals surface area contributed by atoms with E-state index in [4.69, 9.17) is 17.3 Å². The lowest BCUT2D eigenvalue weighted by molar-refractivity contribution is -0.265. The van der Waals surface area contributed by atoms with E-state index >= 15 is 0 Å². The molecule has 4 heteroatoms. The van der Waals surface area contributed by atoms with E-state index in [1.807, 2.05) is 18.2 Å². The first kappa shape index (κ1) is 10.5. The van der Waals surface area contributed by atoms with Crippen molar-refractivity contribution in [3.63, 3.8) is 0 Å². The van der Waals surface area contributed by atoms with Gasteiger partial charge < -0.3 is 16.2 Å². The number of nitrogens with two attached hydrogens (primary N) is 1. The van der Waals surface area contributed by atoms with E-state index in [1.165, 1.54) is 0 Å². The zero-order chi connectivity index (χ0) is 12.0. The molecule has 0 unspecified atom stereocenters. The number of anilines is 2. The molecule has 1 heterocycles. The van der Waals surface area contributed by atoms with Crippen LogP contribution in [-0.2, 0) is 0 Å². The first-order chi connectivity index (χ1) is 8.22. The van der Waals surface area contributed by atoms with Gasteiger partial charge in [-0.1, -0.05) is 17.9 Å². The highest BCUT2D eigenvalue weighted by Crippen LogP contribution is 2.43. The molecule has 2 aromatic rings. The molecule has 0 spiro atoms. The first-order valence-corrected chi connectivity index (χ1v) is 6.07. The fraction of sp³-hybridized carbons (Fsp3) is 0.231. The van der Waals surface area contributed by atoms with Gasteiger partial charge in [0.2, 0.25) is 0 Å². The summed E-state index contributed by atoms with van der Waals surface area (Å²) in [7, 11) is 0. The van der Waals surface area contributed by atoms with Crippen molar-refractivity contribution in [3.05, 3.63) is 29.8 Å². The van der Waals surface area contributed by atoms with Gasteiger partial charge in [0.25, 0.3) is 0 Å². The van der Waals surface area contributed by atoms with Crippen LogP contribution < -0.4 is 16.2 Å². The molecule has 88 valence electrons. The van der Waals surface area contributed by atoms with Crippen LogP contribution in [0.1, 0.15) is 11.5 Å². The number of rotatable bonds is 1. The van der Waals surface area contributed by atoms with Crippen molar-refractivity contribution >= 4 is 33.7 Å². The van der Waals surface area contributed by atoms with Crippen molar-refractivity contribution in [3.8, 4) is 5.75 Å². The fourth-order valence-corrected chi connectivity index (χ4v) is 2.80. The van der Waals surface area contributed by atoms with Crippen LogP contribution in [0.3, 0.4) is 0 Å². The van der Waals surface area contributed by atoms with Gasteiger partial charge in [-0.15, -0.1) is 11.6 Å². The van der Waals surface area contributed by atoms with Crippen LogP contribution >= 0.6 is 11.6 Å². The number of halogens is 1. The molecule has 1 aliphatic heterocycles. The highest BCUT2D eigenvalue weighted by molar-refractivity contribution is 6.19. The van der Waals surface area contributed by atoms with E-state index in [0.29, 0.717) is 17.0 Å². The molecule has 17 heavy (non-hydrogen) atoms. The molecule has 3 nitrogen and oxygen atoms in total. The van der Waals surface area contributed by atoms with E-state index in [9.17, 15) is 5.11 Å². The number of alkyl halides is 1. The first-order valence-electron chi connectivity index (χ1n) is 5.54. The van der Waals surface area contributed by atoms with Crippen LogP contribution in [-0.4, -0.2) is 12.4 Å². The summed E-state index contributed by atoms with van der Waals surface area (Å²) in [6, 6.07) is 7.09. The zero-order valence-electron chi connectivity index (χ0n) is 9.16. The molecule has 0 aliphatic carbocycles. The van der Waals surface area contributed by atoms with Gasteiger partial charge in [0.15, 0.2) is 0 Å². The van der Waals surface area contributed by atoms with Crippen LogP contribution in [0.25, 0.3) is 10.8 Å². The van der Waals surface area contributed by atoms with Crippen LogP contribution in [0.15, 0.2) is 24.3 Å². The Kier molecular flexibility index (Phi) is 2.30. The molecule has 1 aliphatic rings. The van der Waals surface area contributed by atoms with E-state index in [2.05, 4.69) is 5.32 Å². The molecule has 3 N–H and O–H groups in total. The molecule has 0 aromatic heterocycles. The summed E-state index contributed by atoms with van der Waals surface area (Å²) in [4.78, 5) is 0. The third kappa shape index (κ3) is 1.42. The van der Waals surface area contributed by atoms with Crippen molar-refractivity contribution in [1.82, 2.24) is 0 Å². The summed E-state index contributed by atoms with van der Waals surface area (Å²) in [6.07, 6.45) is 0. The van der Waals surface area contributed by atoms with Crippen LogP contribution in [0.2, 0.25) is 0 Å². The molecule has 0 saturated carbocycles. The van der Waals surface area contributed by atoms with Gasteiger partial charge in [-0.3, -0.25) is 0 Å². The number of hydrogen-bond donors (Lipinski definition) is 2. The molecule has 0 amide bonds. The summed E-state index contributed by atoms with van der Waals surface area (Å²) < 4.78 is 0. The minimum atomic E-state index is 0.00812. The number of hydrogen-bond acceptors (Lipinski definition) is 3. The van der Waals surface area contributed by atoms with Gasteiger partial charge in [-0.05, 0) is 23.1 Å². The number of fused-ring (bicyclic) bond motifs is 3. The highest BCUT2D eigenvalue weighted by Gasteiger charge is 2.24. The van der Waals surface area contributed by atoms with Crippen LogP contribution in [0, 0.1) is 0 Å². The second-order valence-electron chi connectivity index (χ2n) is 4.34. The highest BCUT2D eigenvalue weighted by atomic mass is 35.5. The smallest absolute Gasteiger partial charge is 0.0397 e. The quantitative estimate of drug-likeness (QED) is 0.600. The second-order valence-corrected chi connectivity index (χ2v) is 4.65. The Morgan fingerprint density at radius 2 is 2.29 bits per heavy atom. The molecule has 2 aromatic carbocycles. The normalized spacial score (nSPS) is 18.1. The molecule has 3 rings (SSSR count). The Bertz CT molecular complexity index is 597. The molecular formula is C13H12ClN2O-. The van der Waals surface area contributed by atoms with Crippen molar-refractivity contribution in [2.45, 2.75) is 5.92 Å². The SMILES string of the molecule is Nc1cccc2c([O-])cc3c(c12)[C@H](CCl)CN3. The largest absolute Gasteiger partial charge is 0.872 e. The molecule has 0 fully saturated rings. The standard InChI is InChI=1S/C13H13ClN2O/c14-5-7-6-16-10-4-11(17)8-2-1-3-9(15)13(8)12(7)10/h1-4,7,16-17H,5-6,15H2/p-1/t7-/m1/s1. The Morgan fingerprint density at radius 1 is 1.47 bits per heavy atom. The monoisotopic (exact) mass is 247 g/mol. The predicted molar refractivity (Wildman–Crippen MR) is 69.8 cm³/mol. The molecule has 0 radical (unpaired) electrons. The number of nitrogen functional groups attached to an aromatic ring is 1. The van der Waals surface area contributed by atoms with Gasteiger partial charge >= 0.3 is 0 Å².